The molecule has 0 saturated heterocycles. The van der Waals surface area contributed by atoms with Crippen molar-refractivity contribution < 1.29 is 31.1 Å². The van der Waals surface area contributed by atoms with Gasteiger partial charge in [0.15, 0.2) is 11.4 Å². The van der Waals surface area contributed by atoms with E-state index in [2.05, 4.69) is 35.7 Å². The summed E-state index contributed by atoms with van der Waals surface area (Å²) >= 11 is 0. The molecular weight excluding hydrogens is 616 g/mol. The first-order valence-corrected chi connectivity index (χ1v) is 15.9. The molecule has 3 N–H and O–H groups in total. The summed E-state index contributed by atoms with van der Waals surface area (Å²) in [6, 6.07) is 5.79. The highest BCUT2D eigenvalue weighted by atomic mass is 32.2. The van der Waals surface area contributed by atoms with Crippen LogP contribution in [-0.2, 0) is 15.6 Å². The Balaban J connectivity index is 1.27. The van der Waals surface area contributed by atoms with Crippen molar-refractivity contribution in [3.05, 3.63) is 60.8 Å². The standard InChI is InChI=1S/C29H30F4N8O3S/c1-28(42,29(31,32)33)18-2-9-23(35-14-18)22-15-36-26(12-24(22)38-20-5-3-19(30)4-6-20)39-25-10-11-34-27(40-25)17-13-37-41(16-17)45(43,44)21-7-8-21/h2,9-16,19-21,42H,3-8H2,1H3,(H2,34,36,38,39,40). The minimum Gasteiger partial charge on any atom is -0.382 e. The summed E-state index contributed by atoms with van der Waals surface area (Å²) < 4.78 is 79.9. The first-order valence-electron chi connectivity index (χ1n) is 14.4. The van der Waals surface area contributed by atoms with Gasteiger partial charge < -0.3 is 15.7 Å². The molecule has 11 nitrogen and oxygen atoms in total. The molecule has 2 aliphatic rings. The lowest BCUT2D eigenvalue weighted by Gasteiger charge is -2.27. The SMILES string of the molecule is CC(O)(c1ccc(-c2cnc(Nc3ccnc(-c4cnn(S(=O)(=O)C5CC5)c4)n3)cc2NC2CCC(F)CC2)nc1)C(F)(F)F. The van der Waals surface area contributed by atoms with Gasteiger partial charge in [-0.3, -0.25) is 4.98 Å². The van der Waals surface area contributed by atoms with E-state index in [9.17, 15) is 31.1 Å². The van der Waals surface area contributed by atoms with E-state index in [4.69, 9.17) is 0 Å². The van der Waals surface area contributed by atoms with Crippen molar-refractivity contribution in [2.45, 2.75) is 74.7 Å². The second-order valence-electron chi connectivity index (χ2n) is 11.4. The van der Waals surface area contributed by atoms with Crippen molar-refractivity contribution in [3.63, 3.8) is 0 Å². The largest absolute Gasteiger partial charge is 0.421 e. The number of alkyl halides is 4. The fourth-order valence-electron chi connectivity index (χ4n) is 5.05. The second kappa shape index (κ2) is 11.6. The number of halogens is 4. The average Bonchev–Trinajstić information content (AvgIpc) is 3.75. The minimum atomic E-state index is -4.89. The summed E-state index contributed by atoms with van der Waals surface area (Å²) in [5, 5.41) is 20.1. The zero-order valence-corrected chi connectivity index (χ0v) is 24.9. The van der Waals surface area contributed by atoms with Crippen molar-refractivity contribution in [1.82, 2.24) is 29.1 Å². The Morgan fingerprint density at radius 2 is 1.71 bits per heavy atom. The maximum Gasteiger partial charge on any atom is 0.421 e. The molecule has 4 aromatic heterocycles. The van der Waals surface area contributed by atoms with E-state index in [1.54, 1.807) is 12.1 Å². The van der Waals surface area contributed by atoms with E-state index in [-0.39, 0.29) is 11.9 Å². The Morgan fingerprint density at radius 3 is 2.38 bits per heavy atom. The second-order valence-corrected chi connectivity index (χ2v) is 13.5. The van der Waals surface area contributed by atoms with Crippen LogP contribution < -0.4 is 10.6 Å². The number of nitrogens with zero attached hydrogens (tertiary/aromatic N) is 6. The summed E-state index contributed by atoms with van der Waals surface area (Å²) in [5.41, 5.74) is -1.68. The summed E-state index contributed by atoms with van der Waals surface area (Å²) in [5.74, 6) is 0.974. The number of aliphatic hydroxyl groups is 1. The van der Waals surface area contributed by atoms with Gasteiger partial charge in [0.1, 0.15) is 17.8 Å². The molecule has 4 aromatic rings. The lowest BCUT2D eigenvalue weighted by Crippen LogP contribution is -2.39. The van der Waals surface area contributed by atoms with E-state index in [0.29, 0.717) is 79.6 Å². The maximum absolute atomic E-state index is 13.8. The van der Waals surface area contributed by atoms with E-state index >= 15 is 0 Å². The summed E-state index contributed by atoms with van der Waals surface area (Å²) in [6.45, 7) is 0.667. The van der Waals surface area contributed by atoms with Gasteiger partial charge in [0.25, 0.3) is 10.0 Å². The Hall–Kier alpha value is -4.18. The van der Waals surface area contributed by atoms with Crippen LogP contribution in [0.2, 0.25) is 0 Å². The van der Waals surface area contributed by atoms with Crippen LogP contribution in [0.15, 0.2) is 55.2 Å². The maximum atomic E-state index is 13.8. The van der Waals surface area contributed by atoms with Crippen LogP contribution in [0.3, 0.4) is 0 Å². The van der Waals surface area contributed by atoms with Crippen molar-refractivity contribution in [2.24, 2.45) is 0 Å². The molecule has 2 saturated carbocycles. The first-order chi connectivity index (χ1) is 21.3. The molecule has 1 unspecified atom stereocenters. The molecule has 238 valence electrons. The van der Waals surface area contributed by atoms with E-state index < -0.39 is 38.8 Å². The summed E-state index contributed by atoms with van der Waals surface area (Å²) in [4.78, 5) is 17.4. The van der Waals surface area contributed by atoms with Gasteiger partial charge in [0, 0.05) is 47.5 Å². The molecule has 4 heterocycles. The molecule has 0 radical (unpaired) electrons. The van der Waals surface area contributed by atoms with Crippen molar-refractivity contribution in [3.8, 4) is 22.6 Å². The Morgan fingerprint density at radius 1 is 0.956 bits per heavy atom. The Kier molecular flexibility index (Phi) is 7.97. The Bertz CT molecular complexity index is 1790. The molecule has 6 rings (SSSR count). The highest BCUT2D eigenvalue weighted by Crippen LogP contribution is 2.39. The quantitative estimate of drug-likeness (QED) is 0.204. The van der Waals surface area contributed by atoms with Crippen LogP contribution in [-0.4, -0.2) is 66.3 Å². The van der Waals surface area contributed by atoms with Crippen molar-refractivity contribution >= 4 is 27.3 Å². The number of hydrogen-bond acceptors (Lipinski definition) is 10. The molecule has 0 aliphatic heterocycles. The van der Waals surface area contributed by atoms with E-state index in [0.717, 1.165) is 10.3 Å². The topological polar surface area (TPSA) is 148 Å². The predicted molar refractivity (Wildman–Crippen MR) is 158 cm³/mol. The van der Waals surface area contributed by atoms with Crippen molar-refractivity contribution in [1.29, 1.82) is 0 Å². The number of rotatable bonds is 9. The normalized spacial score (nSPS) is 20.4. The van der Waals surface area contributed by atoms with Crippen LogP contribution in [0.1, 0.15) is 51.0 Å². The van der Waals surface area contributed by atoms with Crippen LogP contribution in [0.25, 0.3) is 22.6 Å². The Labute approximate surface area is 256 Å². The highest BCUT2D eigenvalue weighted by molar-refractivity contribution is 7.90. The molecule has 0 spiro atoms. The van der Waals surface area contributed by atoms with Crippen molar-refractivity contribution in [2.75, 3.05) is 10.6 Å². The molecule has 0 bridgehead atoms. The smallest absolute Gasteiger partial charge is 0.382 e. The monoisotopic (exact) mass is 646 g/mol. The molecule has 2 aliphatic carbocycles. The van der Waals surface area contributed by atoms with Gasteiger partial charge in [-0.15, -0.1) is 0 Å². The van der Waals surface area contributed by atoms with Gasteiger partial charge in [-0.2, -0.15) is 22.4 Å². The lowest BCUT2D eigenvalue weighted by atomic mass is 9.93. The molecule has 1 atom stereocenters. The van der Waals surface area contributed by atoms with Gasteiger partial charge >= 0.3 is 6.18 Å². The molecular formula is C29H30F4N8O3S. The first kappa shape index (κ1) is 30.8. The number of pyridine rings is 2. The van der Waals surface area contributed by atoms with Crippen LogP contribution >= 0.6 is 0 Å². The third-order valence-electron chi connectivity index (χ3n) is 8.01. The minimum absolute atomic E-state index is 0.0506. The molecule has 16 heteroatoms. The number of anilines is 3. The van der Waals surface area contributed by atoms with Gasteiger partial charge in [-0.05, 0) is 57.6 Å². The van der Waals surface area contributed by atoms with Crippen LogP contribution in [0.5, 0.6) is 0 Å². The molecule has 2 fully saturated rings. The number of aromatic nitrogens is 6. The third-order valence-corrected chi connectivity index (χ3v) is 10.0. The zero-order valence-electron chi connectivity index (χ0n) is 24.0. The van der Waals surface area contributed by atoms with E-state index in [1.165, 1.54) is 36.9 Å². The lowest BCUT2D eigenvalue weighted by molar-refractivity contribution is -0.259. The fraction of sp³-hybridized carbons (Fsp3) is 0.414. The number of hydrogen-bond donors (Lipinski definition) is 3. The molecule has 0 aromatic carbocycles. The van der Waals surface area contributed by atoms with Gasteiger partial charge in [-0.1, -0.05) is 6.07 Å². The third kappa shape index (κ3) is 6.47. The van der Waals surface area contributed by atoms with Gasteiger partial charge in [0.05, 0.1) is 28.9 Å². The van der Waals surface area contributed by atoms with E-state index in [1.807, 2.05) is 0 Å². The van der Waals surface area contributed by atoms with Gasteiger partial charge in [0.2, 0.25) is 0 Å². The highest BCUT2D eigenvalue weighted by Gasteiger charge is 2.51. The predicted octanol–water partition coefficient (Wildman–Crippen LogP) is 5.34. The van der Waals surface area contributed by atoms with Gasteiger partial charge in [-0.25, -0.2) is 27.8 Å². The molecule has 45 heavy (non-hydrogen) atoms. The summed E-state index contributed by atoms with van der Waals surface area (Å²) in [7, 11) is -3.55. The fourth-order valence-corrected chi connectivity index (χ4v) is 6.52. The van der Waals surface area contributed by atoms with Crippen LogP contribution in [0.4, 0.5) is 34.9 Å². The number of nitrogens with one attached hydrogen (secondary N) is 2. The summed E-state index contributed by atoms with van der Waals surface area (Å²) in [6.07, 6.45) is 4.20. The van der Waals surface area contributed by atoms with Crippen LogP contribution in [0, 0.1) is 0 Å². The zero-order chi connectivity index (χ0) is 32.0. The molecule has 0 amide bonds. The average molecular weight is 647 g/mol.